The van der Waals surface area contributed by atoms with Crippen LogP contribution in [0.25, 0.3) is 22.3 Å². The van der Waals surface area contributed by atoms with Crippen LogP contribution in [-0.2, 0) is 103 Å². The van der Waals surface area contributed by atoms with Crippen molar-refractivity contribution in [3.8, 4) is 22.3 Å². The lowest BCUT2D eigenvalue weighted by atomic mass is 9.78. The largest absolute Gasteiger partial charge is 0.261 e. The van der Waals surface area contributed by atoms with Gasteiger partial charge in [-0.15, -0.1) is 0 Å². The maximum atomic E-state index is 4.49. The summed E-state index contributed by atoms with van der Waals surface area (Å²) in [5.41, 5.74) is 29.0. The van der Waals surface area contributed by atoms with Gasteiger partial charge in [-0.2, -0.15) is 0 Å². The number of hydrogen-bond acceptors (Lipinski definition) is 5. The van der Waals surface area contributed by atoms with Crippen molar-refractivity contribution < 1.29 is 0 Å². The van der Waals surface area contributed by atoms with Crippen LogP contribution in [0, 0.1) is 35.5 Å². The van der Waals surface area contributed by atoms with Gasteiger partial charge in [0.05, 0.1) is 0 Å². The second-order valence-electron chi connectivity index (χ2n) is 39.3. The molecule has 5 nitrogen and oxygen atoms in total. The Morgan fingerprint density at radius 3 is 0.796 bits per heavy atom. The molecule has 0 radical (unpaired) electrons. The number of benzene rings is 6. The van der Waals surface area contributed by atoms with Crippen molar-refractivity contribution in [2.24, 2.45) is 35.5 Å². The zero-order valence-electron chi connectivity index (χ0n) is 91.0. The molecular formula is C132H195N5. The zero-order valence-corrected chi connectivity index (χ0v) is 91.0. The van der Waals surface area contributed by atoms with Crippen LogP contribution in [0.4, 0.5) is 0 Å². The first-order valence-electron chi connectivity index (χ1n) is 56.2. The Bertz CT molecular complexity index is 4510. The zero-order chi connectivity index (χ0) is 99.1. The Hall–Kier alpha value is -8.93. The Morgan fingerprint density at radius 2 is 0.467 bits per heavy atom. The molecule has 0 amide bonds. The molecule has 748 valence electrons. The summed E-state index contributed by atoms with van der Waals surface area (Å²) in [5, 5.41) is 0. The number of aryl methyl sites for hydroxylation is 14. The normalized spacial score (nSPS) is 15.6. The van der Waals surface area contributed by atoms with Crippen LogP contribution in [0.5, 0.6) is 0 Å². The van der Waals surface area contributed by atoms with Gasteiger partial charge in [0.15, 0.2) is 0 Å². The molecule has 0 spiro atoms. The van der Waals surface area contributed by atoms with Crippen LogP contribution in [0.15, 0.2) is 237 Å². The van der Waals surface area contributed by atoms with Gasteiger partial charge in [-0.1, -0.05) is 481 Å². The highest BCUT2D eigenvalue weighted by atomic mass is 14.7. The molecule has 137 heavy (non-hydrogen) atoms. The van der Waals surface area contributed by atoms with Crippen molar-refractivity contribution in [1.82, 2.24) is 24.9 Å². The number of aromatic nitrogens is 5. The second kappa shape index (κ2) is 75.0. The lowest BCUT2D eigenvalue weighted by Crippen LogP contribution is -2.14. The first-order chi connectivity index (χ1) is 67.0. The second-order valence-corrected chi connectivity index (χ2v) is 39.3. The molecule has 0 bridgehead atoms. The van der Waals surface area contributed by atoms with Crippen molar-refractivity contribution in [2.45, 2.75) is 427 Å². The fraction of sp³-hybridized carbons (Fsp3) is 0.538. The van der Waals surface area contributed by atoms with Crippen LogP contribution >= 0.6 is 0 Å². The SMILES string of the molecule is CCC1CCC(CC)CC1.CCCC1CCC(CC)CC1.CCCC1CCC(CCC)CC1.CCCCCc1ccc(CCCC)nc1.CCCCc1ccc(CC)nc1.CCCc1ccc(CC)nc1.CCc1ccc(-c2ccc(CC)nc2)cc1.CCc1ccc(Cc2ccc(CC)nc2)cc1.CCc1ccc(Cc2cccc(CC)c2)cc1.CCc1cccc(-c2cccc(CC)c2)c1. The van der Waals surface area contributed by atoms with Gasteiger partial charge in [0.25, 0.3) is 0 Å². The average Bonchev–Trinajstić information content (AvgIpc) is 0.802. The number of nitrogens with zero attached hydrogens (tertiary/aromatic N) is 5. The highest BCUT2D eigenvalue weighted by Crippen LogP contribution is 2.36. The predicted molar refractivity (Wildman–Crippen MR) is 604 cm³/mol. The summed E-state index contributed by atoms with van der Waals surface area (Å²) in [6, 6.07) is 74.6. The van der Waals surface area contributed by atoms with Crippen molar-refractivity contribution in [2.75, 3.05) is 0 Å². The van der Waals surface area contributed by atoms with E-state index in [0.717, 1.165) is 137 Å². The van der Waals surface area contributed by atoms with E-state index in [4.69, 9.17) is 0 Å². The highest BCUT2D eigenvalue weighted by molar-refractivity contribution is 5.65. The average molecular weight is 1850 g/mol. The third-order valence-corrected chi connectivity index (χ3v) is 28.5. The van der Waals surface area contributed by atoms with E-state index in [0.29, 0.717) is 0 Å². The van der Waals surface area contributed by atoms with Crippen LogP contribution < -0.4 is 0 Å². The van der Waals surface area contributed by atoms with E-state index in [2.05, 4.69) is 376 Å². The molecule has 14 rings (SSSR count). The molecule has 3 aliphatic carbocycles. The maximum Gasteiger partial charge on any atom is 0.0403 e. The lowest BCUT2D eigenvalue weighted by molar-refractivity contribution is 0.251. The summed E-state index contributed by atoms with van der Waals surface area (Å²) < 4.78 is 0. The third-order valence-electron chi connectivity index (χ3n) is 28.5. The highest BCUT2D eigenvalue weighted by Gasteiger charge is 2.22. The standard InChI is InChI=1S/C17H20.C16H19N.C16H18.C15H17N.C14H23N.C12H24.C11H17N.C11H22.C10H15N.C10H20/c1-3-14-8-10-16(11-9-14)13-17-7-5-6-15(4-2)12-17;1-3-13-5-7-14(8-6-13)11-15-9-10-16(4-2)17-12-15;1-3-13-7-5-9-15(11-13)16-10-6-8-14(4-2)12-16;1-3-12-5-7-13(8-6-12)14-9-10-15(4-2)16-11-14;1-3-5-7-8-13-10-11-14(15-12-13)9-6-4-2;1-3-5-11-7-9-12(6-4-2)10-8-11;1-3-5-6-10-7-8-11(4-2)12-9-10;1-3-5-11-8-6-10(4-2)7-9-11;1-3-5-9-6-7-10(4-2)11-8-9;1-3-9-5-7-10(4-2)8-6-9/h5-12H,3-4,13H2,1-2H3;5-10,12H,3-4,11H2,1-2H3;5-12H,3-4H2,1-2H3;5-11H,3-4H2,1-2H3;10-12H,3-9H2,1-2H3;11-12H,3-10H2,1-2H3;7-9H,3-6H2,1-2H3;10-11H,3-9H2,1-2H3;6-8H,3-5H2,1-2H3;9-10H,3-8H2,1-2H3. The predicted octanol–water partition coefficient (Wildman–Crippen LogP) is 38.3. The molecule has 0 N–H and O–H groups in total. The van der Waals surface area contributed by atoms with Crippen molar-refractivity contribution in [3.63, 3.8) is 0 Å². The summed E-state index contributed by atoms with van der Waals surface area (Å²) in [6.45, 7) is 44.5. The van der Waals surface area contributed by atoms with Crippen molar-refractivity contribution in [3.05, 3.63) is 338 Å². The fourth-order valence-electron chi connectivity index (χ4n) is 18.7. The smallest absolute Gasteiger partial charge is 0.0403 e. The lowest BCUT2D eigenvalue weighted by Gasteiger charge is -2.27. The maximum absolute atomic E-state index is 4.49. The van der Waals surface area contributed by atoms with Gasteiger partial charge in [0.2, 0.25) is 0 Å². The quantitative estimate of drug-likeness (QED) is 0.0363. The van der Waals surface area contributed by atoms with Gasteiger partial charge < -0.3 is 0 Å². The number of rotatable bonds is 37. The van der Waals surface area contributed by atoms with Crippen LogP contribution in [-0.4, -0.2) is 24.9 Å². The van der Waals surface area contributed by atoms with E-state index < -0.39 is 0 Å². The van der Waals surface area contributed by atoms with Gasteiger partial charge in [0.1, 0.15) is 0 Å². The minimum Gasteiger partial charge on any atom is -0.261 e. The van der Waals surface area contributed by atoms with Gasteiger partial charge >= 0.3 is 0 Å². The van der Waals surface area contributed by atoms with E-state index in [1.165, 1.54) is 311 Å². The minimum absolute atomic E-state index is 0.973. The van der Waals surface area contributed by atoms with Gasteiger partial charge in [-0.05, 0) is 277 Å². The molecule has 3 aliphatic rings. The van der Waals surface area contributed by atoms with Crippen LogP contribution in [0.1, 0.15) is 425 Å². The molecule has 6 aromatic carbocycles. The summed E-state index contributed by atoms with van der Waals surface area (Å²) in [7, 11) is 0. The van der Waals surface area contributed by atoms with Crippen LogP contribution in [0.3, 0.4) is 0 Å². The van der Waals surface area contributed by atoms with E-state index in [9.17, 15) is 0 Å². The summed E-state index contributed by atoms with van der Waals surface area (Å²) in [5.74, 6) is 6.47. The van der Waals surface area contributed by atoms with Gasteiger partial charge in [0, 0.05) is 65.0 Å². The molecule has 0 unspecified atom stereocenters. The minimum atomic E-state index is 0.973. The van der Waals surface area contributed by atoms with Crippen molar-refractivity contribution >= 4 is 0 Å². The number of pyridine rings is 5. The van der Waals surface area contributed by atoms with Gasteiger partial charge in [-0.25, -0.2) is 0 Å². The molecule has 5 aromatic heterocycles. The molecular weight excluding hydrogens is 1660 g/mol. The van der Waals surface area contributed by atoms with E-state index in [1.807, 2.05) is 24.8 Å². The van der Waals surface area contributed by atoms with E-state index >= 15 is 0 Å². The first-order valence-corrected chi connectivity index (χ1v) is 56.2. The molecule has 3 fully saturated rings. The molecule has 5 heteroatoms. The monoisotopic (exact) mass is 1850 g/mol. The van der Waals surface area contributed by atoms with E-state index in [1.54, 1.807) is 0 Å². The molecule has 0 saturated heterocycles. The Labute approximate surface area is 842 Å². The topological polar surface area (TPSA) is 64.5 Å². The summed E-state index contributed by atoms with van der Waals surface area (Å²) >= 11 is 0. The molecule has 0 aliphatic heterocycles. The molecule has 0 atom stereocenters. The summed E-state index contributed by atoms with van der Waals surface area (Å²) in [4.78, 5) is 22.0. The van der Waals surface area contributed by atoms with Crippen molar-refractivity contribution in [1.29, 1.82) is 0 Å². The molecule has 11 aromatic rings. The molecule has 5 heterocycles. The Balaban J connectivity index is 0.000000270. The number of unbranched alkanes of at least 4 members (excludes halogenated alkanes) is 4. The Morgan fingerprint density at radius 1 is 0.182 bits per heavy atom. The molecule has 3 saturated carbocycles. The Kier molecular flexibility index (Phi) is 64.9. The third kappa shape index (κ3) is 50.7. The fourth-order valence-corrected chi connectivity index (χ4v) is 18.7. The van der Waals surface area contributed by atoms with E-state index in [-0.39, 0.29) is 0 Å². The number of hydrogen-bond donors (Lipinski definition) is 0. The van der Waals surface area contributed by atoms with Gasteiger partial charge in [-0.3, -0.25) is 24.9 Å². The summed E-state index contributed by atoms with van der Waals surface area (Å²) in [6.07, 6.45) is 68.6. The first kappa shape index (κ1) is 119. The van der Waals surface area contributed by atoms with Crippen LogP contribution in [0.2, 0.25) is 0 Å².